The molecular weight excluding hydrogens is 219 g/mol. The molecule has 0 aromatic rings. The SMILES string of the molecule is CCCCCCCCCCCC[AsH2]. The zero-order valence-corrected chi connectivity index (χ0v) is 11.8. The molecule has 0 aliphatic rings. The van der Waals surface area contributed by atoms with Gasteiger partial charge in [-0.1, -0.05) is 0 Å². The Labute approximate surface area is 93.4 Å². The van der Waals surface area contributed by atoms with Gasteiger partial charge in [0.25, 0.3) is 0 Å². The van der Waals surface area contributed by atoms with Crippen LogP contribution in [0.2, 0.25) is 5.21 Å². The van der Waals surface area contributed by atoms with Gasteiger partial charge in [-0.15, -0.1) is 0 Å². The summed E-state index contributed by atoms with van der Waals surface area (Å²) in [5, 5.41) is 1.43. The molecule has 0 aliphatic heterocycles. The maximum atomic E-state index is 2.28. The number of hydrogen-bond acceptors (Lipinski definition) is 0. The molecule has 1 heteroatoms. The number of rotatable bonds is 10. The van der Waals surface area contributed by atoms with Crippen molar-refractivity contribution < 1.29 is 0 Å². The summed E-state index contributed by atoms with van der Waals surface area (Å²) in [6.45, 7) is 2.28. The first kappa shape index (κ1) is 13.6. The third-order valence-electron chi connectivity index (χ3n) is 2.56. The summed E-state index contributed by atoms with van der Waals surface area (Å²) in [6, 6.07) is 0. The van der Waals surface area contributed by atoms with Gasteiger partial charge >= 0.3 is 93.2 Å². The van der Waals surface area contributed by atoms with Crippen LogP contribution in [0.1, 0.15) is 71.1 Å². The number of unbranched alkanes of at least 4 members (excludes halogenated alkanes) is 9. The van der Waals surface area contributed by atoms with Crippen molar-refractivity contribution in [3.63, 3.8) is 0 Å². The average molecular weight is 246 g/mol. The molecular formula is C12H27As. The normalized spacial score (nSPS) is 10.6. The molecule has 13 heavy (non-hydrogen) atoms. The Balaban J connectivity index is 2.76. The quantitative estimate of drug-likeness (QED) is 0.404. The monoisotopic (exact) mass is 246 g/mol. The molecule has 0 fully saturated rings. The van der Waals surface area contributed by atoms with Crippen molar-refractivity contribution in [1.82, 2.24) is 0 Å². The third kappa shape index (κ3) is 12.6. The molecule has 80 valence electrons. The zero-order valence-electron chi connectivity index (χ0n) is 9.36. The Hall–Kier alpha value is 0.558. The fourth-order valence-electron chi connectivity index (χ4n) is 1.63. The fraction of sp³-hybridized carbons (Fsp3) is 1.00. The summed E-state index contributed by atoms with van der Waals surface area (Å²) < 4.78 is 0. The fourth-order valence-corrected chi connectivity index (χ4v) is 2.24. The van der Waals surface area contributed by atoms with Crippen LogP contribution in [0.15, 0.2) is 0 Å². The van der Waals surface area contributed by atoms with Crippen molar-refractivity contribution in [2.45, 2.75) is 76.3 Å². The summed E-state index contributed by atoms with van der Waals surface area (Å²) in [5.41, 5.74) is 0. The van der Waals surface area contributed by atoms with E-state index in [0.717, 1.165) is 0 Å². The molecule has 0 heterocycles. The summed E-state index contributed by atoms with van der Waals surface area (Å²) in [7, 11) is 0. The van der Waals surface area contributed by atoms with Crippen LogP contribution in [-0.2, 0) is 0 Å². The van der Waals surface area contributed by atoms with Gasteiger partial charge < -0.3 is 0 Å². The van der Waals surface area contributed by atoms with Gasteiger partial charge in [-0.3, -0.25) is 0 Å². The van der Waals surface area contributed by atoms with Crippen molar-refractivity contribution in [2.75, 3.05) is 0 Å². The number of hydrogen-bond donors (Lipinski definition) is 0. The van der Waals surface area contributed by atoms with Crippen LogP contribution in [0.5, 0.6) is 0 Å². The van der Waals surface area contributed by atoms with Crippen LogP contribution in [0.3, 0.4) is 0 Å². The summed E-state index contributed by atoms with van der Waals surface area (Å²) >= 11 is 1.89. The first-order chi connectivity index (χ1) is 6.41. The molecule has 0 aromatic carbocycles. The molecule has 0 radical (unpaired) electrons. The molecule has 0 aromatic heterocycles. The molecule has 0 saturated heterocycles. The molecule has 0 aliphatic carbocycles. The van der Waals surface area contributed by atoms with Crippen LogP contribution in [0.25, 0.3) is 0 Å². The van der Waals surface area contributed by atoms with Gasteiger partial charge in [0, 0.05) is 0 Å². The van der Waals surface area contributed by atoms with Gasteiger partial charge in [-0.05, 0) is 0 Å². The van der Waals surface area contributed by atoms with Crippen molar-refractivity contribution in [3.8, 4) is 0 Å². The second kappa shape index (κ2) is 12.6. The molecule has 1 atom stereocenters. The molecule has 0 nitrogen and oxygen atoms in total. The van der Waals surface area contributed by atoms with E-state index in [1.165, 1.54) is 69.4 Å². The van der Waals surface area contributed by atoms with Crippen molar-refractivity contribution >= 4 is 16.9 Å². The van der Waals surface area contributed by atoms with Gasteiger partial charge in [0.2, 0.25) is 0 Å². The van der Waals surface area contributed by atoms with Crippen LogP contribution in [0, 0.1) is 0 Å². The summed E-state index contributed by atoms with van der Waals surface area (Å²) in [4.78, 5) is 0. The van der Waals surface area contributed by atoms with Crippen molar-refractivity contribution in [1.29, 1.82) is 0 Å². The van der Waals surface area contributed by atoms with E-state index in [4.69, 9.17) is 0 Å². The predicted octanol–water partition coefficient (Wildman–Crippen LogP) is 3.96. The van der Waals surface area contributed by atoms with E-state index in [1.54, 1.807) is 0 Å². The Kier molecular flexibility index (Phi) is 13.1. The minimum atomic E-state index is 1.37. The molecule has 0 N–H and O–H groups in total. The van der Waals surface area contributed by atoms with Crippen LogP contribution in [0.4, 0.5) is 0 Å². The zero-order chi connectivity index (χ0) is 9.78. The topological polar surface area (TPSA) is 0 Å². The minimum absolute atomic E-state index is 1.37. The molecule has 0 bridgehead atoms. The van der Waals surface area contributed by atoms with Crippen LogP contribution < -0.4 is 0 Å². The van der Waals surface area contributed by atoms with Crippen molar-refractivity contribution in [3.05, 3.63) is 0 Å². The van der Waals surface area contributed by atoms with E-state index in [9.17, 15) is 0 Å². The van der Waals surface area contributed by atoms with Crippen LogP contribution in [-0.4, -0.2) is 16.9 Å². The van der Waals surface area contributed by atoms with Gasteiger partial charge in [0.1, 0.15) is 0 Å². The maximum absolute atomic E-state index is 2.28. The van der Waals surface area contributed by atoms with E-state index < -0.39 is 0 Å². The van der Waals surface area contributed by atoms with Gasteiger partial charge in [0.05, 0.1) is 0 Å². The molecule has 1 unspecified atom stereocenters. The average Bonchev–Trinajstić information content (AvgIpc) is 2.16. The van der Waals surface area contributed by atoms with Crippen LogP contribution >= 0.6 is 0 Å². The molecule has 0 rings (SSSR count). The van der Waals surface area contributed by atoms with E-state index in [-0.39, 0.29) is 0 Å². The Morgan fingerprint density at radius 3 is 1.38 bits per heavy atom. The third-order valence-corrected chi connectivity index (χ3v) is 3.41. The standard InChI is InChI=1S/C12H27As/c1-2-3-4-5-6-7-8-9-10-11-12-13/h2-13H2,1H3. The molecule has 0 amide bonds. The first-order valence-electron chi connectivity index (χ1n) is 6.12. The van der Waals surface area contributed by atoms with Gasteiger partial charge in [0.15, 0.2) is 0 Å². The van der Waals surface area contributed by atoms with E-state index >= 15 is 0 Å². The van der Waals surface area contributed by atoms with Gasteiger partial charge in [-0.25, -0.2) is 0 Å². The first-order valence-corrected chi connectivity index (χ1v) is 7.83. The van der Waals surface area contributed by atoms with Gasteiger partial charge in [-0.2, -0.15) is 0 Å². The summed E-state index contributed by atoms with van der Waals surface area (Å²) in [5.74, 6) is 0. The van der Waals surface area contributed by atoms with E-state index in [2.05, 4.69) is 6.92 Å². The molecule has 0 spiro atoms. The Bertz CT molecular complexity index is 71.2. The Morgan fingerprint density at radius 2 is 1.00 bits per heavy atom. The summed E-state index contributed by atoms with van der Waals surface area (Å²) in [6.07, 6.45) is 14.6. The molecule has 0 saturated carbocycles. The second-order valence-corrected chi connectivity index (χ2v) is 5.18. The van der Waals surface area contributed by atoms with E-state index in [1.807, 2.05) is 16.9 Å². The second-order valence-electron chi connectivity index (χ2n) is 3.97. The Morgan fingerprint density at radius 1 is 0.615 bits per heavy atom. The predicted molar refractivity (Wildman–Crippen MR) is 65.2 cm³/mol. The van der Waals surface area contributed by atoms with Crippen molar-refractivity contribution in [2.24, 2.45) is 0 Å². The van der Waals surface area contributed by atoms with E-state index in [0.29, 0.717) is 0 Å².